The highest BCUT2D eigenvalue weighted by molar-refractivity contribution is 5.73. The summed E-state index contributed by atoms with van der Waals surface area (Å²) in [6.07, 6.45) is 3.71. The number of carboxylic acid groups (broad SMARTS) is 1. The zero-order valence-electron chi connectivity index (χ0n) is 12.6. The van der Waals surface area contributed by atoms with E-state index in [1.54, 1.807) is 0 Å². The van der Waals surface area contributed by atoms with E-state index in [0.717, 1.165) is 25.7 Å². The van der Waals surface area contributed by atoms with Crippen molar-refractivity contribution in [2.45, 2.75) is 64.0 Å². The van der Waals surface area contributed by atoms with E-state index in [1.807, 2.05) is 0 Å². The fourth-order valence-corrected chi connectivity index (χ4v) is 2.80. The Balaban J connectivity index is 1.98. The monoisotopic (exact) mass is 275 g/mol. The number of aliphatic carboxylic acids is 1. The molecule has 2 unspecified atom stereocenters. The van der Waals surface area contributed by atoms with Crippen LogP contribution in [0.4, 0.5) is 0 Å². The third-order valence-corrected chi connectivity index (χ3v) is 4.08. The van der Waals surface area contributed by atoms with Crippen LogP contribution in [0.5, 0.6) is 0 Å². The maximum absolute atomic E-state index is 11.0. The highest BCUT2D eigenvalue weighted by Gasteiger charge is 2.25. The van der Waals surface area contributed by atoms with Gasteiger partial charge in [0.2, 0.25) is 0 Å². The van der Waals surface area contributed by atoms with E-state index in [9.17, 15) is 4.79 Å². The molecule has 0 saturated carbocycles. The number of carboxylic acids is 1. The highest BCUT2D eigenvalue weighted by atomic mass is 16.4. The molecule has 20 heavy (non-hydrogen) atoms. The average molecular weight is 275 g/mol. The molecule has 1 saturated heterocycles. The van der Waals surface area contributed by atoms with E-state index in [0.29, 0.717) is 0 Å². The second kappa shape index (κ2) is 5.96. The van der Waals surface area contributed by atoms with Gasteiger partial charge in [-0.15, -0.1) is 0 Å². The molecule has 0 aromatic heterocycles. The quantitative estimate of drug-likeness (QED) is 0.891. The maximum Gasteiger partial charge on any atom is 0.320 e. The van der Waals surface area contributed by atoms with Crippen LogP contribution in [0.2, 0.25) is 0 Å². The average Bonchev–Trinajstić information content (AvgIpc) is 2.38. The zero-order chi connectivity index (χ0) is 14.8. The van der Waals surface area contributed by atoms with Gasteiger partial charge in [0.15, 0.2) is 0 Å². The van der Waals surface area contributed by atoms with Gasteiger partial charge < -0.3 is 10.4 Å². The third-order valence-electron chi connectivity index (χ3n) is 4.08. The van der Waals surface area contributed by atoms with Crippen LogP contribution in [0.25, 0.3) is 0 Å². The minimum atomic E-state index is -0.724. The Morgan fingerprint density at radius 2 is 1.90 bits per heavy atom. The molecule has 3 nitrogen and oxygen atoms in total. The van der Waals surface area contributed by atoms with Crippen molar-refractivity contribution in [3.63, 3.8) is 0 Å². The van der Waals surface area contributed by atoms with E-state index >= 15 is 0 Å². The first-order chi connectivity index (χ1) is 9.36. The number of hydrogen-bond acceptors (Lipinski definition) is 2. The van der Waals surface area contributed by atoms with E-state index < -0.39 is 5.97 Å². The summed E-state index contributed by atoms with van der Waals surface area (Å²) in [4.78, 5) is 11.0. The predicted octanol–water partition coefficient (Wildman–Crippen LogP) is 3.12. The molecule has 2 atom stereocenters. The first-order valence-corrected chi connectivity index (χ1v) is 7.44. The van der Waals surface area contributed by atoms with E-state index in [2.05, 4.69) is 50.4 Å². The van der Waals surface area contributed by atoms with Gasteiger partial charge in [0.05, 0.1) is 0 Å². The summed E-state index contributed by atoms with van der Waals surface area (Å²) in [5, 5.41) is 12.3. The van der Waals surface area contributed by atoms with Crippen molar-refractivity contribution in [3.8, 4) is 0 Å². The molecule has 2 N–H and O–H groups in total. The van der Waals surface area contributed by atoms with E-state index in [-0.39, 0.29) is 17.5 Å². The van der Waals surface area contributed by atoms with Gasteiger partial charge in [-0.05, 0) is 42.2 Å². The van der Waals surface area contributed by atoms with Crippen molar-refractivity contribution >= 4 is 5.97 Å². The predicted molar refractivity (Wildman–Crippen MR) is 81.0 cm³/mol. The minimum Gasteiger partial charge on any atom is -0.480 e. The lowest BCUT2D eigenvalue weighted by Gasteiger charge is -2.29. The molecule has 0 amide bonds. The van der Waals surface area contributed by atoms with Gasteiger partial charge in [0, 0.05) is 6.04 Å². The Morgan fingerprint density at radius 1 is 1.25 bits per heavy atom. The van der Waals surface area contributed by atoms with Gasteiger partial charge in [-0.3, -0.25) is 4.79 Å². The van der Waals surface area contributed by atoms with Crippen molar-refractivity contribution in [1.82, 2.24) is 5.32 Å². The lowest BCUT2D eigenvalue weighted by atomic mass is 9.86. The van der Waals surface area contributed by atoms with Crippen LogP contribution < -0.4 is 5.32 Å². The molecule has 1 aliphatic heterocycles. The van der Waals surface area contributed by atoms with Crippen molar-refractivity contribution in [3.05, 3.63) is 35.4 Å². The molecule has 3 heteroatoms. The number of rotatable bonds is 3. The summed E-state index contributed by atoms with van der Waals surface area (Å²) in [5.41, 5.74) is 2.79. The highest BCUT2D eigenvalue weighted by Crippen LogP contribution is 2.23. The number of piperidine rings is 1. The zero-order valence-corrected chi connectivity index (χ0v) is 12.6. The topological polar surface area (TPSA) is 49.3 Å². The first kappa shape index (κ1) is 15.0. The summed E-state index contributed by atoms with van der Waals surface area (Å²) in [6.45, 7) is 6.63. The van der Waals surface area contributed by atoms with Crippen molar-refractivity contribution in [1.29, 1.82) is 0 Å². The molecule has 2 rings (SSSR count). The summed E-state index contributed by atoms with van der Waals surface area (Å²) in [7, 11) is 0. The van der Waals surface area contributed by atoms with Gasteiger partial charge in [0.25, 0.3) is 0 Å². The molecular formula is C17H25NO2. The SMILES string of the molecule is CC(C)(C)c1ccc(CC2CCCC(C(=O)O)N2)cc1. The van der Waals surface area contributed by atoms with Crippen LogP contribution in [0.3, 0.4) is 0 Å². The molecule has 110 valence electrons. The summed E-state index contributed by atoms with van der Waals surface area (Å²) in [6, 6.07) is 8.63. The first-order valence-electron chi connectivity index (χ1n) is 7.44. The molecule has 0 radical (unpaired) electrons. The van der Waals surface area contributed by atoms with Gasteiger partial charge in [0.1, 0.15) is 6.04 Å². The molecule has 1 aromatic rings. The van der Waals surface area contributed by atoms with Crippen LogP contribution in [-0.4, -0.2) is 23.2 Å². The largest absolute Gasteiger partial charge is 0.480 e. The molecule has 1 fully saturated rings. The third kappa shape index (κ3) is 3.83. The van der Waals surface area contributed by atoms with E-state index in [1.165, 1.54) is 11.1 Å². The summed E-state index contributed by atoms with van der Waals surface area (Å²) in [5.74, 6) is -0.724. The Kier molecular flexibility index (Phi) is 4.48. The normalized spacial score (nSPS) is 23.6. The van der Waals surface area contributed by atoms with Gasteiger partial charge in [-0.25, -0.2) is 0 Å². The van der Waals surface area contributed by atoms with Crippen LogP contribution in [0.15, 0.2) is 24.3 Å². The molecule has 1 heterocycles. The van der Waals surface area contributed by atoms with Crippen molar-refractivity contribution < 1.29 is 9.90 Å². The Morgan fingerprint density at radius 3 is 2.45 bits per heavy atom. The standard InChI is InChI=1S/C17H25NO2/c1-17(2,3)13-9-7-12(8-10-13)11-14-5-4-6-15(18-14)16(19)20/h7-10,14-15,18H,4-6,11H2,1-3H3,(H,19,20). The van der Waals surface area contributed by atoms with Crippen LogP contribution >= 0.6 is 0 Å². The van der Waals surface area contributed by atoms with Crippen molar-refractivity contribution in [2.75, 3.05) is 0 Å². The van der Waals surface area contributed by atoms with Gasteiger partial charge in [-0.1, -0.05) is 45.0 Å². The van der Waals surface area contributed by atoms with Crippen LogP contribution in [-0.2, 0) is 16.6 Å². The molecule has 0 spiro atoms. The second-order valence-electron chi connectivity index (χ2n) is 6.84. The Bertz CT molecular complexity index is 459. The molecule has 1 aromatic carbocycles. The minimum absolute atomic E-state index is 0.177. The van der Waals surface area contributed by atoms with Gasteiger partial charge >= 0.3 is 5.97 Å². The van der Waals surface area contributed by atoms with E-state index in [4.69, 9.17) is 5.11 Å². The van der Waals surface area contributed by atoms with Crippen LogP contribution in [0.1, 0.15) is 51.2 Å². The van der Waals surface area contributed by atoms with Crippen LogP contribution in [0, 0.1) is 0 Å². The number of benzene rings is 1. The summed E-state index contributed by atoms with van der Waals surface area (Å²) < 4.78 is 0. The summed E-state index contributed by atoms with van der Waals surface area (Å²) >= 11 is 0. The Labute approximate surface area is 121 Å². The number of carbonyl (C=O) groups is 1. The molecule has 0 aliphatic carbocycles. The smallest absolute Gasteiger partial charge is 0.320 e. The molecular weight excluding hydrogens is 250 g/mol. The fourth-order valence-electron chi connectivity index (χ4n) is 2.80. The number of hydrogen-bond donors (Lipinski definition) is 2. The Hall–Kier alpha value is -1.35. The van der Waals surface area contributed by atoms with Crippen molar-refractivity contribution in [2.24, 2.45) is 0 Å². The molecule has 1 aliphatic rings. The fraction of sp³-hybridized carbons (Fsp3) is 0.588. The lowest BCUT2D eigenvalue weighted by molar-refractivity contribution is -0.140. The number of nitrogens with one attached hydrogen (secondary N) is 1. The molecule has 0 bridgehead atoms. The van der Waals surface area contributed by atoms with Gasteiger partial charge in [-0.2, -0.15) is 0 Å². The maximum atomic E-state index is 11.0. The second-order valence-corrected chi connectivity index (χ2v) is 6.84. The lowest BCUT2D eigenvalue weighted by Crippen LogP contribution is -2.47.